The van der Waals surface area contributed by atoms with Crippen molar-refractivity contribution in [3.8, 4) is 21.7 Å². The van der Waals surface area contributed by atoms with Gasteiger partial charge in [0.05, 0.1) is 0 Å². The third-order valence-electron chi connectivity index (χ3n) is 6.16. The molecule has 3 rings (SSSR count). The van der Waals surface area contributed by atoms with Gasteiger partial charge in [0.1, 0.15) is 6.10 Å². The van der Waals surface area contributed by atoms with Crippen LogP contribution in [-0.4, -0.2) is 34.8 Å². The summed E-state index contributed by atoms with van der Waals surface area (Å²) in [4.78, 5) is 13.5. The molecule has 3 aromatic rings. The summed E-state index contributed by atoms with van der Waals surface area (Å²) in [5, 5.41) is 2.24. The molecule has 5 heteroatoms. The van der Waals surface area contributed by atoms with E-state index in [-0.39, 0.29) is 5.04 Å². The van der Waals surface area contributed by atoms with Crippen LogP contribution < -0.4 is 15.3 Å². The lowest BCUT2D eigenvalue weighted by Gasteiger charge is -2.44. The molecule has 0 radical (unpaired) electrons. The van der Waals surface area contributed by atoms with E-state index in [1.165, 1.54) is 10.4 Å². The van der Waals surface area contributed by atoms with Crippen molar-refractivity contribution in [1.29, 1.82) is 0 Å². The van der Waals surface area contributed by atoms with Gasteiger partial charge in [-0.15, -0.1) is 0 Å². The van der Waals surface area contributed by atoms with Gasteiger partial charge in [0.2, 0.25) is 0 Å². The molecule has 37 heavy (non-hydrogen) atoms. The molecule has 0 amide bonds. The first-order valence-electron chi connectivity index (χ1n) is 12.1. The van der Waals surface area contributed by atoms with Crippen LogP contribution in [0.2, 0.25) is 5.04 Å². The molecule has 0 fully saturated rings. The van der Waals surface area contributed by atoms with Gasteiger partial charge in [-0.25, -0.2) is 0 Å². The number of benzene rings is 3. The van der Waals surface area contributed by atoms with E-state index in [0.29, 0.717) is 11.1 Å². The molecule has 0 saturated heterocycles. The molecular formula is C32H32INO2Si. The Labute approximate surface area is 236 Å². The molecule has 0 N–H and O–H groups in total. The van der Waals surface area contributed by atoms with Gasteiger partial charge in [0.15, 0.2) is 6.29 Å². The van der Waals surface area contributed by atoms with Crippen LogP contribution in [-0.2, 0) is 4.43 Å². The van der Waals surface area contributed by atoms with E-state index in [4.69, 9.17) is 4.43 Å². The summed E-state index contributed by atoms with van der Waals surface area (Å²) in [6.45, 7) is 6.74. The maximum absolute atomic E-state index is 11.5. The highest BCUT2D eigenvalue weighted by molar-refractivity contribution is 14.1. The third-order valence-corrected chi connectivity index (χ3v) is 11.5. The fourth-order valence-corrected chi connectivity index (χ4v) is 9.18. The molecular weight excluding hydrogens is 585 g/mol. The maximum Gasteiger partial charge on any atom is 0.263 e. The number of aldehydes is 1. The molecule has 0 aliphatic carbocycles. The summed E-state index contributed by atoms with van der Waals surface area (Å²) in [5.41, 5.74) is 2.25. The third kappa shape index (κ3) is 6.81. The van der Waals surface area contributed by atoms with Crippen LogP contribution in [0.15, 0.2) is 91.0 Å². The van der Waals surface area contributed by atoms with Gasteiger partial charge in [0.25, 0.3) is 8.32 Å². The van der Waals surface area contributed by atoms with Crippen molar-refractivity contribution in [2.45, 2.75) is 31.9 Å². The summed E-state index contributed by atoms with van der Waals surface area (Å²) in [6, 6.07) is 26.7. The number of allylic oxidation sites excluding steroid dienone is 1. The second-order valence-corrected chi connectivity index (χ2v) is 14.6. The summed E-state index contributed by atoms with van der Waals surface area (Å²) in [6.07, 6.45) is 4.08. The summed E-state index contributed by atoms with van der Waals surface area (Å²) < 4.78 is 10.1. The topological polar surface area (TPSA) is 29.5 Å². The fourth-order valence-electron chi connectivity index (χ4n) is 4.34. The molecule has 0 saturated carbocycles. The molecule has 3 nitrogen and oxygen atoms in total. The van der Waals surface area contributed by atoms with Gasteiger partial charge in [0, 0.05) is 53.5 Å². The van der Waals surface area contributed by atoms with E-state index in [9.17, 15) is 4.79 Å². The molecule has 0 aliphatic heterocycles. The van der Waals surface area contributed by atoms with Crippen LogP contribution in [0.3, 0.4) is 0 Å². The average Bonchev–Trinajstić information content (AvgIpc) is 2.89. The Hall–Kier alpha value is -3.10. The van der Waals surface area contributed by atoms with Crippen molar-refractivity contribution >= 4 is 53.3 Å². The number of anilines is 1. The number of hydrogen-bond acceptors (Lipinski definition) is 3. The maximum atomic E-state index is 11.5. The van der Waals surface area contributed by atoms with Crippen LogP contribution in [0, 0.1) is 21.7 Å². The molecule has 0 bridgehead atoms. The predicted octanol–water partition coefficient (Wildman–Crippen LogP) is 5.81. The number of carbonyl (C=O) groups excluding carboxylic acids is 1. The lowest BCUT2D eigenvalue weighted by atomic mass is 10.1. The van der Waals surface area contributed by atoms with Gasteiger partial charge in [-0.2, -0.15) is 0 Å². The van der Waals surface area contributed by atoms with Gasteiger partial charge < -0.3 is 9.33 Å². The van der Waals surface area contributed by atoms with Crippen molar-refractivity contribution in [3.63, 3.8) is 0 Å². The van der Waals surface area contributed by atoms with Gasteiger partial charge in [-0.3, -0.25) is 4.79 Å². The summed E-state index contributed by atoms with van der Waals surface area (Å²) in [7, 11) is 1.16. The van der Waals surface area contributed by atoms with Crippen LogP contribution in [0.1, 0.15) is 36.7 Å². The standard InChI is InChI=1S/C32H32INO2Si/c1-32(2,3)37(30-16-8-6-9-17-30,31-18-10-7-11-19-31)36-29(22-23-33)15-13-12-14-26-24-28(34(4)5)21-20-27(26)25-35/h6-11,13,15-21,24-25,29H,1-5H3/b15-13+. The Kier molecular flexibility index (Phi) is 9.94. The largest absolute Gasteiger partial charge is 0.390 e. The molecule has 3 aromatic carbocycles. The Bertz CT molecular complexity index is 1310. The zero-order valence-corrected chi connectivity index (χ0v) is 25.1. The Morgan fingerprint density at radius 1 is 0.946 bits per heavy atom. The lowest BCUT2D eigenvalue weighted by molar-refractivity contribution is 0.112. The zero-order valence-electron chi connectivity index (χ0n) is 22.0. The first-order chi connectivity index (χ1) is 17.7. The van der Waals surface area contributed by atoms with Crippen molar-refractivity contribution in [2.24, 2.45) is 0 Å². The van der Waals surface area contributed by atoms with E-state index in [2.05, 4.69) is 114 Å². The minimum Gasteiger partial charge on any atom is -0.390 e. The SMILES string of the molecule is CN(C)c1ccc(C=O)c(C#C/C=C/C(C#CI)O[Si](c2ccccc2)(c2ccccc2)C(C)(C)C)c1. The Morgan fingerprint density at radius 2 is 1.54 bits per heavy atom. The van der Waals surface area contributed by atoms with Crippen molar-refractivity contribution < 1.29 is 9.22 Å². The van der Waals surface area contributed by atoms with E-state index >= 15 is 0 Å². The van der Waals surface area contributed by atoms with Crippen LogP contribution >= 0.6 is 22.6 Å². The second-order valence-electron chi connectivity index (χ2n) is 9.85. The zero-order chi connectivity index (χ0) is 26.9. The summed E-state index contributed by atoms with van der Waals surface area (Å²) in [5.74, 6) is 9.44. The quantitative estimate of drug-likeness (QED) is 0.145. The van der Waals surface area contributed by atoms with E-state index in [1.54, 1.807) is 12.1 Å². The minimum absolute atomic E-state index is 0.161. The Balaban J connectivity index is 2.04. The molecule has 0 aromatic heterocycles. The van der Waals surface area contributed by atoms with Crippen LogP contribution in [0.25, 0.3) is 0 Å². The van der Waals surface area contributed by atoms with Crippen molar-refractivity contribution in [3.05, 3.63) is 102 Å². The predicted molar refractivity (Wildman–Crippen MR) is 166 cm³/mol. The van der Waals surface area contributed by atoms with Gasteiger partial charge in [-0.05, 0) is 49.7 Å². The number of rotatable bonds is 7. The van der Waals surface area contributed by atoms with E-state index < -0.39 is 14.4 Å². The van der Waals surface area contributed by atoms with Crippen LogP contribution in [0.4, 0.5) is 5.69 Å². The molecule has 0 heterocycles. The summed E-state index contributed by atoms with van der Waals surface area (Å²) >= 11 is 2.05. The second kappa shape index (κ2) is 12.9. The fraction of sp³-hybridized carbons (Fsp3) is 0.219. The lowest BCUT2D eigenvalue weighted by Crippen LogP contribution is -2.67. The molecule has 0 aliphatic rings. The first kappa shape index (κ1) is 28.5. The highest BCUT2D eigenvalue weighted by atomic mass is 127. The van der Waals surface area contributed by atoms with Crippen molar-refractivity contribution in [1.82, 2.24) is 0 Å². The number of carbonyl (C=O) groups is 1. The van der Waals surface area contributed by atoms with Gasteiger partial charge in [-0.1, -0.05) is 99.2 Å². The van der Waals surface area contributed by atoms with Crippen LogP contribution in [0.5, 0.6) is 0 Å². The Morgan fingerprint density at radius 3 is 2.03 bits per heavy atom. The first-order valence-corrected chi connectivity index (χ1v) is 15.1. The monoisotopic (exact) mass is 617 g/mol. The van der Waals surface area contributed by atoms with E-state index in [1.807, 2.05) is 49.3 Å². The highest BCUT2D eigenvalue weighted by Crippen LogP contribution is 2.37. The molecule has 1 atom stereocenters. The molecule has 0 spiro atoms. The number of halogens is 1. The van der Waals surface area contributed by atoms with E-state index in [0.717, 1.165) is 12.0 Å². The highest BCUT2D eigenvalue weighted by Gasteiger charge is 2.51. The number of nitrogens with zero attached hydrogens (tertiary/aromatic N) is 1. The smallest absolute Gasteiger partial charge is 0.263 e. The average molecular weight is 618 g/mol. The minimum atomic E-state index is -2.77. The molecule has 188 valence electrons. The van der Waals surface area contributed by atoms with Gasteiger partial charge >= 0.3 is 0 Å². The number of hydrogen-bond donors (Lipinski definition) is 0. The molecule has 1 unspecified atom stereocenters. The van der Waals surface area contributed by atoms with Crippen molar-refractivity contribution in [2.75, 3.05) is 19.0 Å². The normalized spacial score (nSPS) is 12.2.